The Balaban J connectivity index is 2.24. The van der Waals surface area contributed by atoms with E-state index < -0.39 is 18.7 Å². The van der Waals surface area contributed by atoms with E-state index >= 15 is 0 Å². The largest absolute Gasteiger partial charge is 0.480 e. The number of aliphatic hydroxyl groups excluding tert-OH is 1. The molecule has 0 radical (unpaired) electrons. The molecule has 0 saturated heterocycles. The third-order valence-corrected chi connectivity index (χ3v) is 2.76. The van der Waals surface area contributed by atoms with E-state index in [1.54, 1.807) is 24.3 Å². The minimum atomic E-state index is -1.10. The molecule has 5 heteroatoms. The number of benzene rings is 2. The van der Waals surface area contributed by atoms with Gasteiger partial charge in [-0.3, -0.25) is 0 Å². The number of aliphatic hydroxyl groups is 1. The summed E-state index contributed by atoms with van der Waals surface area (Å²) < 4.78 is 18.4. The molecule has 2 rings (SSSR count). The average Bonchev–Trinajstić information content (AvgIpc) is 2.39. The van der Waals surface area contributed by atoms with Crippen LogP contribution in [0.5, 0.6) is 0 Å². The minimum absolute atomic E-state index is 0.151. The molecule has 0 aliphatic carbocycles. The van der Waals surface area contributed by atoms with Crippen molar-refractivity contribution < 1.29 is 24.1 Å². The summed E-state index contributed by atoms with van der Waals surface area (Å²) in [5.74, 6) is -1.46. The van der Waals surface area contributed by atoms with Crippen LogP contribution in [-0.2, 0) is 9.53 Å². The third-order valence-electron chi connectivity index (χ3n) is 2.76. The standard InChI is InChI=1S/C14H13FO4/c15-12-6-5-11(9-3-1-2-4-10(9)12)13(16)7-19-8-14(17)18/h1-6,13,16H,7-8H2,(H,17,18). The number of fused-ring (bicyclic) bond motifs is 1. The van der Waals surface area contributed by atoms with Crippen molar-refractivity contribution in [2.24, 2.45) is 0 Å². The first kappa shape index (κ1) is 13.5. The van der Waals surface area contributed by atoms with E-state index in [0.717, 1.165) is 0 Å². The van der Waals surface area contributed by atoms with Crippen LogP contribution in [0.2, 0.25) is 0 Å². The highest BCUT2D eigenvalue weighted by Gasteiger charge is 2.13. The fraction of sp³-hybridized carbons (Fsp3) is 0.214. The van der Waals surface area contributed by atoms with Gasteiger partial charge in [0.05, 0.1) is 6.61 Å². The highest BCUT2D eigenvalue weighted by atomic mass is 19.1. The number of ether oxygens (including phenoxy) is 1. The van der Waals surface area contributed by atoms with Gasteiger partial charge >= 0.3 is 5.97 Å². The quantitative estimate of drug-likeness (QED) is 0.868. The fourth-order valence-corrected chi connectivity index (χ4v) is 1.92. The van der Waals surface area contributed by atoms with E-state index in [1.165, 1.54) is 12.1 Å². The van der Waals surface area contributed by atoms with Crippen molar-refractivity contribution in [3.63, 3.8) is 0 Å². The van der Waals surface area contributed by atoms with Gasteiger partial charge in [-0.15, -0.1) is 0 Å². The lowest BCUT2D eigenvalue weighted by molar-refractivity contribution is -0.143. The molecule has 0 saturated carbocycles. The monoisotopic (exact) mass is 264 g/mol. The summed E-state index contributed by atoms with van der Waals surface area (Å²) in [6.07, 6.45) is -0.996. The molecular formula is C14H13FO4. The van der Waals surface area contributed by atoms with Gasteiger partial charge in [0, 0.05) is 5.39 Å². The van der Waals surface area contributed by atoms with E-state index in [2.05, 4.69) is 0 Å². The van der Waals surface area contributed by atoms with E-state index in [4.69, 9.17) is 9.84 Å². The van der Waals surface area contributed by atoms with Crippen LogP contribution in [0.25, 0.3) is 10.8 Å². The zero-order chi connectivity index (χ0) is 13.8. The van der Waals surface area contributed by atoms with Crippen molar-refractivity contribution in [2.75, 3.05) is 13.2 Å². The Morgan fingerprint density at radius 1 is 1.21 bits per heavy atom. The summed E-state index contributed by atoms with van der Waals surface area (Å²) in [7, 11) is 0. The molecule has 1 unspecified atom stereocenters. The molecule has 4 nitrogen and oxygen atoms in total. The molecule has 0 spiro atoms. The molecule has 0 amide bonds. The summed E-state index contributed by atoms with van der Waals surface area (Å²) in [6, 6.07) is 9.54. The minimum Gasteiger partial charge on any atom is -0.480 e. The van der Waals surface area contributed by atoms with Crippen molar-refractivity contribution in [3.05, 3.63) is 47.8 Å². The summed E-state index contributed by atoms with van der Waals surface area (Å²) in [4.78, 5) is 10.3. The second-order valence-corrected chi connectivity index (χ2v) is 4.11. The van der Waals surface area contributed by atoms with Crippen LogP contribution in [0.1, 0.15) is 11.7 Å². The van der Waals surface area contributed by atoms with Gasteiger partial charge in [-0.1, -0.05) is 30.3 Å². The first-order chi connectivity index (χ1) is 9.09. The second-order valence-electron chi connectivity index (χ2n) is 4.11. The van der Waals surface area contributed by atoms with Gasteiger partial charge in [0.1, 0.15) is 18.5 Å². The van der Waals surface area contributed by atoms with Crippen molar-refractivity contribution >= 4 is 16.7 Å². The Morgan fingerprint density at radius 2 is 1.89 bits per heavy atom. The maximum absolute atomic E-state index is 13.6. The van der Waals surface area contributed by atoms with Gasteiger partial charge in [0.15, 0.2) is 0 Å². The molecule has 1 atom stereocenters. The van der Waals surface area contributed by atoms with Crippen LogP contribution < -0.4 is 0 Å². The van der Waals surface area contributed by atoms with E-state index in [1.807, 2.05) is 0 Å². The molecule has 100 valence electrons. The predicted octanol–water partition coefficient (Wildman–Crippen LogP) is 2.11. The van der Waals surface area contributed by atoms with Crippen LogP contribution >= 0.6 is 0 Å². The number of carboxylic acid groups (broad SMARTS) is 1. The van der Waals surface area contributed by atoms with Crippen molar-refractivity contribution in [1.29, 1.82) is 0 Å². The average molecular weight is 264 g/mol. The Kier molecular flexibility index (Phi) is 4.09. The van der Waals surface area contributed by atoms with Crippen LogP contribution in [-0.4, -0.2) is 29.4 Å². The van der Waals surface area contributed by atoms with Gasteiger partial charge in [-0.05, 0) is 17.0 Å². The molecule has 19 heavy (non-hydrogen) atoms. The van der Waals surface area contributed by atoms with E-state index in [9.17, 15) is 14.3 Å². The lowest BCUT2D eigenvalue weighted by Crippen LogP contribution is -2.13. The van der Waals surface area contributed by atoms with Gasteiger partial charge in [-0.25, -0.2) is 9.18 Å². The number of hydrogen-bond acceptors (Lipinski definition) is 3. The normalized spacial score (nSPS) is 12.5. The van der Waals surface area contributed by atoms with Gasteiger partial charge in [0.25, 0.3) is 0 Å². The zero-order valence-electron chi connectivity index (χ0n) is 10.0. The third kappa shape index (κ3) is 3.07. The molecule has 2 N–H and O–H groups in total. The van der Waals surface area contributed by atoms with Crippen molar-refractivity contribution in [1.82, 2.24) is 0 Å². The van der Waals surface area contributed by atoms with Crippen molar-refractivity contribution in [3.8, 4) is 0 Å². The van der Waals surface area contributed by atoms with Crippen molar-refractivity contribution in [2.45, 2.75) is 6.10 Å². The van der Waals surface area contributed by atoms with E-state index in [0.29, 0.717) is 16.3 Å². The molecule has 0 fully saturated rings. The van der Waals surface area contributed by atoms with Gasteiger partial charge in [0.2, 0.25) is 0 Å². The van der Waals surface area contributed by atoms with Gasteiger partial charge in [-0.2, -0.15) is 0 Å². The number of rotatable bonds is 5. The Bertz CT molecular complexity index is 597. The topological polar surface area (TPSA) is 66.8 Å². The lowest BCUT2D eigenvalue weighted by atomic mass is 10.0. The predicted molar refractivity (Wildman–Crippen MR) is 67.3 cm³/mol. The molecule has 0 aliphatic heterocycles. The Morgan fingerprint density at radius 3 is 2.58 bits per heavy atom. The lowest BCUT2D eigenvalue weighted by Gasteiger charge is -2.14. The molecule has 0 aromatic heterocycles. The summed E-state index contributed by atoms with van der Waals surface area (Å²) >= 11 is 0. The summed E-state index contributed by atoms with van der Waals surface area (Å²) in [6.45, 7) is -0.627. The highest BCUT2D eigenvalue weighted by molar-refractivity contribution is 5.86. The maximum atomic E-state index is 13.6. The first-order valence-corrected chi connectivity index (χ1v) is 5.74. The number of carbonyl (C=O) groups is 1. The number of carboxylic acids is 1. The number of halogens is 1. The Hall–Kier alpha value is -1.98. The fourth-order valence-electron chi connectivity index (χ4n) is 1.92. The number of aliphatic carboxylic acids is 1. The van der Waals surface area contributed by atoms with Crippen LogP contribution in [0, 0.1) is 5.82 Å². The van der Waals surface area contributed by atoms with Crippen LogP contribution in [0.15, 0.2) is 36.4 Å². The SMILES string of the molecule is O=C(O)COCC(O)c1ccc(F)c2ccccc12. The molecule has 2 aromatic carbocycles. The summed E-state index contributed by atoms with van der Waals surface area (Å²) in [5.41, 5.74) is 0.516. The van der Waals surface area contributed by atoms with Crippen LogP contribution in [0.3, 0.4) is 0 Å². The summed E-state index contributed by atoms with van der Waals surface area (Å²) in [5, 5.41) is 19.4. The van der Waals surface area contributed by atoms with Gasteiger partial charge < -0.3 is 14.9 Å². The molecule has 0 bridgehead atoms. The second kappa shape index (κ2) is 5.77. The van der Waals surface area contributed by atoms with E-state index in [-0.39, 0.29) is 12.4 Å². The highest BCUT2D eigenvalue weighted by Crippen LogP contribution is 2.26. The molecule has 0 heterocycles. The molecular weight excluding hydrogens is 251 g/mol. The molecule has 2 aromatic rings. The number of hydrogen-bond donors (Lipinski definition) is 2. The maximum Gasteiger partial charge on any atom is 0.329 e. The zero-order valence-corrected chi connectivity index (χ0v) is 10.0. The Labute approximate surface area is 109 Å². The molecule has 0 aliphatic rings. The van der Waals surface area contributed by atoms with Crippen LogP contribution in [0.4, 0.5) is 4.39 Å². The smallest absolute Gasteiger partial charge is 0.329 e. The first-order valence-electron chi connectivity index (χ1n) is 5.74.